The molecule has 0 aliphatic heterocycles. The molecule has 0 bridgehead atoms. The molecule has 0 aliphatic rings. The predicted octanol–water partition coefficient (Wildman–Crippen LogP) is 2.85. The topological polar surface area (TPSA) is 42.7 Å². The van der Waals surface area contributed by atoms with E-state index in [0.717, 1.165) is 25.3 Å². The molecule has 1 N–H and O–H groups in total. The van der Waals surface area contributed by atoms with Crippen LogP contribution in [0.25, 0.3) is 0 Å². The third-order valence-corrected chi connectivity index (χ3v) is 3.35. The highest BCUT2D eigenvalue weighted by Gasteiger charge is 2.09. The van der Waals surface area contributed by atoms with Crippen LogP contribution in [0.3, 0.4) is 0 Å². The number of rotatable bonds is 6. The molecule has 0 saturated heterocycles. The normalized spacial score (nSPS) is 12.6. The highest BCUT2D eigenvalue weighted by molar-refractivity contribution is 5.28. The summed E-state index contributed by atoms with van der Waals surface area (Å²) in [5, 5.41) is 7.76. The highest BCUT2D eigenvalue weighted by Crippen LogP contribution is 2.16. The second-order valence-corrected chi connectivity index (χ2v) is 4.86. The highest BCUT2D eigenvalue weighted by atomic mass is 15.3. The molecule has 19 heavy (non-hydrogen) atoms. The fraction of sp³-hybridized carbons (Fsp3) is 0.467. The van der Waals surface area contributed by atoms with E-state index < -0.39 is 0 Å². The monoisotopic (exact) mass is 258 g/mol. The fourth-order valence-electron chi connectivity index (χ4n) is 2.25. The predicted molar refractivity (Wildman–Crippen MR) is 76.7 cm³/mol. The molecule has 1 heterocycles. The van der Waals surface area contributed by atoms with Crippen LogP contribution in [0.4, 0.5) is 0 Å². The Kier molecular flexibility index (Phi) is 4.68. The number of aryl methyl sites for hydroxylation is 2. The summed E-state index contributed by atoms with van der Waals surface area (Å²) in [6, 6.07) is 8.79. The number of benzene rings is 1. The first kappa shape index (κ1) is 13.7. The van der Waals surface area contributed by atoms with Crippen LogP contribution in [-0.4, -0.2) is 14.8 Å². The van der Waals surface area contributed by atoms with Gasteiger partial charge in [-0.1, -0.05) is 31.2 Å². The molecule has 0 radical (unpaired) electrons. The van der Waals surface area contributed by atoms with E-state index in [2.05, 4.69) is 60.4 Å². The lowest BCUT2D eigenvalue weighted by Crippen LogP contribution is -2.21. The first-order valence-corrected chi connectivity index (χ1v) is 6.88. The van der Waals surface area contributed by atoms with Crippen molar-refractivity contribution in [3.05, 3.63) is 47.5 Å². The quantitative estimate of drug-likeness (QED) is 0.866. The van der Waals surface area contributed by atoms with Crippen molar-refractivity contribution in [3.63, 3.8) is 0 Å². The maximum atomic E-state index is 4.31. The van der Waals surface area contributed by atoms with Crippen molar-refractivity contribution in [2.24, 2.45) is 0 Å². The molecule has 0 unspecified atom stereocenters. The molecule has 4 nitrogen and oxygen atoms in total. The van der Waals surface area contributed by atoms with Gasteiger partial charge in [0.05, 0.1) is 6.54 Å². The van der Waals surface area contributed by atoms with Crippen molar-refractivity contribution in [1.82, 2.24) is 20.1 Å². The third kappa shape index (κ3) is 3.41. The summed E-state index contributed by atoms with van der Waals surface area (Å²) in [7, 11) is 0. The van der Waals surface area contributed by atoms with Crippen molar-refractivity contribution >= 4 is 0 Å². The molecule has 1 aromatic heterocycles. The van der Waals surface area contributed by atoms with E-state index in [-0.39, 0.29) is 0 Å². The molecule has 4 heteroatoms. The van der Waals surface area contributed by atoms with Crippen LogP contribution in [0, 0.1) is 6.92 Å². The number of hydrogen-bond donors (Lipinski definition) is 1. The van der Waals surface area contributed by atoms with Gasteiger partial charge in [-0.3, -0.25) is 0 Å². The Hall–Kier alpha value is -1.68. The van der Waals surface area contributed by atoms with Gasteiger partial charge in [0.2, 0.25) is 0 Å². The summed E-state index contributed by atoms with van der Waals surface area (Å²) >= 11 is 0. The Morgan fingerprint density at radius 2 is 2.11 bits per heavy atom. The minimum Gasteiger partial charge on any atom is -0.303 e. The molecule has 1 atom stereocenters. The lowest BCUT2D eigenvalue weighted by atomic mass is 10.0. The molecule has 0 spiro atoms. The minimum atomic E-state index is 0.313. The summed E-state index contributed by atoms with van der Waals surface area (Å²) in [5.74, 6) is 1.00. The lowest BCUT2D eigenvalue weighted by Gasteiger charge is -2.16. The molecule has 0 aliphatic carbocycles. The van der Waals surface area contributed by atoms with E-state index in [0.29, 0.717) is 6.04 Å². The third-order valence-electron chi connectivity index (χ3n) is 3.35. The van der Waals surface area contributed by atoms with Gasteiger partial charge >= 0.3 is 0 Å². The van der Waals surface area contributed by atoms with Gasteiger partial charge in [-0.25, -0.2) is 9.67 Å². The van der Waals surface area contributed by atoms with Gasteiger partial charge in [0.1, 0.15) is 12.2 Å². The standard InChI is InChI=1S/C15H22N4/c1-4-9-19-15(17-11-18-19)10-16-13(3)14-8-6-5-7-12(14)2/h5-8,11,13,16H,4,9-10H2,1-3H3/t13-/m0/s1. The van der Waals surface area contributed by atoms with E-state index in [1.54, 1.807) is 6.33 Å². The first-order valence-electron chi connectivity index (χ1n) is 6.88. The van der Waals surface area contributed by atoms with E-state index >= 15 is 0 Å². The van der Waals surface area contributed by atoms with Gasteiger partial charge in [-0.15, -0.1) is 0 Å². The van der Waals surface area contributed by atoms with Crippen molar-refractivity contribution in [2.75, 3.05) is 0 Å². The minimum absolute atomic E-state index is 0.313. The maximum Gasteiger partial charge on any atom is 0.140 e. The molecule has 0 saturated carbocycles. The van der Waals surface area contributed by atoms with E-state index in [1.165, 1.54) is 11.1 Å². The van der Waals surface area contributed by atoms with Crippen LogP contribution in [-0.2, 0) is 13.1 Å². The zero-order chi connectivity index (χ0) is 13.7. The number of aromatic nitrogens is 3. The number of nitrogens with one attached hydrogen (secondary N) is 1. The van der Waals surface area contributed by atoms with Crippen LogP contribution in [0.15, 0.2) is 30.6 Å². The Morgan fingerprint density at radius 3 is 2.84 bits per heavy atom. The van der Waals surface area contributed by atoms with Crippen LogP contribution in [0.2, 0.25) is 0 Å². The van der Waals surface area contributed by atoms with Crippen LogP contribution >= 0.6 is 0 Å². The Labute approximate surface area is 114 Å². The molecular weight excluding hydrogens is 236 g/mol. The van der Waals surface area contributed by atoms with Gasteiger partial charge < -0.3 is 5.32 Å². The summed E-state index contributed by atoms with van der Waals surface area (Å²) in [6.45, 7) is 8.15. The number of hydrogen-bond acceptors (Lipinski definition) is 3. The largest absolute Gasteiger partial charge is 0.303 e. The number of nitrogens with zero attached hydrogens (tertiary/aromatic N) is 3. The van der Waals surface area contributed by atoms with Crippen LogP contribution in [0.5, 0.6) is 0 Å². The van der Waals surface area contributed by atoms with Gasteiger partial charge in [0.25, 0.3) is 0 Å². The van der Waals surface area contributed by atoms with Crippen molar-refractivity contribution in [1.29, 1.82) is 0 Å². The Morgan fingerprint density at radius 1 is 1.32 bits per heavy atom. The van der Waals surface area contributed by atoms with Crippen molar-refractivity contribution in [3.8, 4) is 0 Å². The zero-order valence-corrected chi connectivity index (χ0v) is 11.9. The molecule has 0 fully saturated rings. The van der Waals surface area contributed by atoms with Gasteiger partial charge in [-0.2, -0.15) is 5.10 Å². The van der Waals surface area contributed by atoms with E-state index in [9.17, 15) is 0 Å². The molecule has 1 aromatic carbocycles. The molecule has 2 aromatic rings. The second-order valence-electron chi connectivity index (χ2n) is 4.86. The summed E-state index contributed by atoms with van der Waals surface area (Å²) in [4.78, 5) is 4.31. The first-order chi connectivity index (χ1) is 9.22. The van der Waals surface area contributed by atoms with E-state index in [4.69, 9.17) is 0 Å². The van der Waals surface area contributed by atoms with Gasteiger partial charge in [-0.05, 0) is 31.4 Å². The van der Waals surface area contributed by atoms with Crippen molar-refractivity contribution < 1.29 is 0 Å². The second kappa shape index (κ2) is 6.48. The fourth-order valence-corrected chi connectivity index (χ4v) is 2.25. The Balaban J connectivity index is 1.98. The lowest BCUT2D eigenvalue weighted by molar-refractivity contribution is 0.508. The Bertz CT molecular complexity index is 518. The molecular formula is C15H22N4. The molecule has 0 amide bonds. The van der Waals surface area contributed by atoms with Gasteiger partial charge in [0, 0.05) is 12.6 Å². The van der Waals surface area contributed by atoms with E-state index in [1.807, 2.05) is 4.68 Å². The zero-order valence-electron chi connectivity index (χ0n) is 11.9. The summed E-state index contributed by atoms with van der Waals surface area (Å²) in [5.41, 5.74) is 2.65. The van der Waals surface area contributed by atoms with Crippen LogP contribution in [0.1, 0.15) is 43.3 Å². The average Bonchev–Trinajstić information content (AvgIpc) is 2.84. The smallest absolute Gasteiger partial charge is 0.140 e. The van der Waals surface area contributed by atoms with Crippen molar-refractivity contribution in [2.45, 2.75) is 46.3 Å². The molecule has 102 valence electrons. The maximum absolute atomic E-state index is 4.31. The summed E-state index contributed by atoms with van der Waals surface area (Å²) in [6.07, 6.45) is 2.70. The summed E-state index contributed by atoms with van der Waals surface area (Å²) < 4.78 is 1.97. The van der Waals surface area contributed by atoms with Gasteiger partial charge in [0.15, 0.2) is 0 Å². The van der Waals surface area contributed by atoms with Crippen LogP contribution < -0.4 is 5.32 Å². The average molecular weight is 258 g/mol. The SMILES string of the molecule is CCCn1ncnc1CN[C@@H](C)c1ccccc1C. The molecule has 2 rings (SSSR count).